The van der Waals surface area contributed by atoms with Crippen molar-refractivity contribution in [1.82, 2.24) is 35.8 Å². The maximum Gasteiger partial charge on any atom is 0.262 e. The molecule has 3 aliphatic rings. The average Bonchev–Trinajstić information content (AvgIpc) is 3.25. The molecule has 0 saturated carbocycles. The fraction of sp³-hybridized carbons (Fsp3) is 0.400. The van der Waals surface area contributed by atoms with E-state index in [-0.39, 0.29) is 18.4 Å². The Morgan fingerprint density at radius 2 is 1.94 bits per heavy atom. The van der Waals surface area contributed by atoms with Gasteiger partial charge in [-0.3, -0.25) is 29.4 Å². The van der Waals surface area contributed by atoms with Gasteiger partial charge in [0.15, 0.2) is 0 Å². The van der Waals surface area contributed by atoms with Gasteiger partial charge in [0.1, 0.15) is 6.04 Å². The van der Waals surface area contributed by atoms with Gasteiger partial charge in [0.05, 0.1) is 29.1 Å². The molecule has 1 atom stereocenters. The second-order valence-electron chi connectivity index (χ2n) is 7.89. The van der Waals surface area contributed by atoms with Crippen LogP contribution in [-0.2, 0) is 22.7 Å². The van der Waals surface area contributed by atoms with Crippen molar-refractivity contribution in [2.24, 2.45) is 0 Å². The lowest BCUT2D eigenvalue weighted by Gasteiger charge is -2.27. The zero-order chi connectivity index (χ0) is 21.5. The summed E-state index contributed by atoms with van der Waals surface area (Å²) in [6, 6.07) is 4.45. The molecule has 11 heteroatoms. The summed E-state index contributed by atoms with van der Waals surface area (Å²) in [5.41, 5.74) is 2.03. The molecule has 1 aromatic heterocycles. The van der Waals surface area contributed by atoms with Crippen molar-refractivity contribution in [3.8, 4) is 0 Å². The molecular weight excluding hydrogens is 402 g/mol. The average molecular weight is 423 g/mol. The molecule has 0 aliphatic carbocycles. The molecule has 2 saturated heterocycles. The number of hydrogen-bond donors (Lipinski definition) is 3. The fourth-order valence-electron chi connectivity index (χ4n) is 4.09. The fourth-order valence-corrected chi connectivity index (χ4v) is 4.09. The molecule has 11 nitrogen and oxygen atoms in total. The quantitative estimate of drug-likeness (QED) is 0.509. The first-order chi connectivity index (χ1) is 15.0. The Labute approximate surface area is 177 Å². The lowest BCUT2D eigenvalue weighted by atomic mass is 10.0. The SMILES string of the molecule is O=C1CCC(N2C(=O)c3cccc(CNCc4cn(C5CNC5)nn4)c3C2=O)C(=O)N1. The third kappa shape index (κ3) is 3.41. The molecule has 0 bridgehead atoms. The monoisotopic (exact) mass is 423 g/mol. The summed E-state index contributed by atoms with van der Waals surface area (Å²) >= 11 is 0. The van der Waals surface area contributed by atoms with E-state index in [0.717, 1.165) is 23.7 Å². The largest absolute Gasteiger partial charge is 0.312 e. The van der Waals surface area contributed by atoms with Crippen molar-refractivity contribution in [3.05, 3.63) is 46.8 Å². The molecule has 0 spiro atoms. The van der Waals surface area contributed by atoms with Crippen LogP contribution in [0.3, 0.4) is 0 Å². The Bertz CT molecular complexity index is 1090. The van der Waals surface area contributed by atoms with Gasteiger partial charge in [-0.1, -0.05) is 17.3 Å². The lowest BCUT2D eigenvalue weighted by molar-refractivity contribution is -0.136. The Morgan fingerprint density at radius 1 is 1.10 bits per heavy atom. The van der Waals surface area contributed by atoms with Gasteiger partial charge in [0.25, 0.3) is 11.8 Å². The van der Waals surface area contributed by atoms with Crippen LogP contribution in [0, 0.1) is 0 Å². The molecular formula is C20H21N7O4. The van der Waals surface area contributed by atoms with E-state index >= 15 is 0 Å². The molecule has 5 rings (SSSR count). The van der Waals surface area contributed by atoms with Gasteiger partial charge in [0, 0.05) is 32.6 Å². The Morgan fingerprint density at radius 3 is 2.68 bits per heavy atom. The van der Waals surface area contributed by atoms with Gasteiger partial charge >= 0.3 is 0 Å². The number of benzene rings is 1. The number of aromatic nitrogens is 3. The molecule has 1 aromatic carbocycles. The Kier molecular flexibility index (Phi) is 4.83. The topological polar surface area (TPSA) is 138 Å². The molecule has 31 heavy (non-hydrogen) atoms. The number of nitrogens with one attached hydrogen (secondary N) is 3. The predicted molar refractivity (Wildman–Crippen MR) is 106 cm³/mol. The van der Waals surface area contributed by atoms with Crippen LogP contribution in [0.4, 0.5) is 0 Å². The predicted octanol–water partition coefficient (Wildman–Crippen LogP) is -0.887. The first-order valence-electron chi connectivity index (χ1n) is 10.2. The Balaban J connectivity index is 1.29. The van der Waals surface area contributed by atoms with Crippen LogP contribution in [0.1, 0.15) is 50.9 Å². The summed E-state index contributed by atoms with van der Waals surface area (Å²) in [5.74, 6) is -2.02. The smallest absolute Gasteiger partial charge is 0.262 e. The number of piperidine rings is 1. The normalized spacial score (nSPS) is 21.3. The Hall–Kier alpha value is -3.44. The van der Waals surface area contributed by atoms with E-state index in [9.17, 15) is 19.2 Å². The maximum absolute atomic E-state index is 13.1. The van der Waals surface area contributed by atoms with Gasteiger partial charge in [-0.2, -0.15) is 0 Å². The summed E-state index contributed by atoms with van der Waals surface area (Å²) in [5, 5.41) is 16.9. The third-order valence-electron chi connectivity index (χ3n) is 5.87. The number of fused-ring (bicyclic) bond motifs is 1. The van der Waals surface area contributed by atoms with Crippen molar-refractivity contribution in [2.45, 2.75) is 38.0 Å². The van der Waals surface area contributed by atoms with Crippen LogP contribution in [0.2, 0.25) is 0 Å². The summed E-state index contributed by atoms with van der Waals surface area (Å²) in [7, 11) is 0. The highest BCUT2D eigenvalue weighted by molar-refractivity contribution is 6.24. The van der Waals surface area contributed by atoms with Gasteiger partial charge < -0.3 is 10.6 Å². The number of imide groups is 2. The summed E-state index contributed by atoms with van der Waals surface area (Å²) < 4.78 is 1.84. The summed E-state index contributed by atoms with van der Waals surface area (Å²) in [6.45, 7) is 2.57. The number of carbonyl (C=O) groups excluding carboxylic acids is 4. The number of amides is 4. The second kappa shape index (κ2) is 7.67. The van der Waals surface area contributed by atoms with Crippen LogP contribution >= 0.6 is 0 Å². The molecule has 4 heterocycles. The molecule has 3 N–H and O–H groups in total. The van der Waals surface area contributed by atoms with E-state index in [2.05, 4.69) is 26.3 Å². The van der Waals surface area contributed by atoms with E-state index < -0.39 is 29.7 Å². The third-order valence-corrected chi connectivity index (χ3v) is 5.87. The number of rotatable bonds is 6. The highest BCUT2D eigenvalue weighted by atomic mass is 16.2. The van der Waals surface area contributed by atoms with E-state index in [4.69, 9.17) is 0 Å². The van der Waals surface area contributed by atoms with E-state index in [1.807, 2.05) is 10.9 Å². The maximum atomic E-state index is 13.1. The van der Waals surface area contributed by atoms with E-state index in [0.29, 0.717) is 30.3 Å². The van der Waals surface area contributed by atoms with Crippen LogP contribution in [-0.4, -0.2) is 62.7 Å². The molecule has 0 radical (unpaired) electrons. The summed E-state index contributed by atoms with van der Waals surface area (Å²) in [4.78, 5) is 50.6. The molecule has 4 amide bonds. The number of hydrogen-bond acceptors (Lipinski definition) is 8. The minimum atomic E-state index is -0.970. The standard InChI is InChI=1S/C20H21N7O4/c28-16-5-4-15(18(29)23-16)27-19(30)14-3-1-2-11(17(14)20(27)31)6-21-7-12-10-26(25-24-12)13-8-22-9-13/h1-3,10,13,15,21-22H,4-9H2,(H,23,28,29). The first-order valence-corrected chi connectivity index (χ1v) is 10.2. The lowest BCUT2D eigenvalue weighted by Crippen LogP contribution is -2.54. The van der Waals surface area contributed by atoms with E-state index in [1.165, 1.54) is 0 Å². The van der Waals surface area contributed by atoms with Crippen LogP contribution in [0.15, 0.2) is 24.4 Å². The minimum Gasteiger partial charge on any atom is -0.312 e. The molecule has 1 unspecified atom stereocenters. The van der Waals surface area contributed by atoms with Gasteiger partial charge in [-0.15, -0.1) is 5.10 Å². The molecule has 2 fully saturated rings. The summed E-state index contributed by atoms with van der Waals surface area (Å²) in [6.07, 6.45) is 2.12. The molecule has 160 valence electrons. The molecule has 2 aromatic rings. The number of nitrogens with zero attached hydrogens (tertiary/aromatic N) is 4. The van der Waals surface area contributed by atoms with Crippen LogP contribution < -0.4 is 16.0 Å². The zero-order valence-electron chi connectivity index (χ0n) is 16.6. The van der Waals surface area contributed by atoms with Crippen molar-refractivity contribution in [1.29, 1.82) is 0 Å². The van der Waals surface area contributed by atoms with Crippen LogP contribution in [0.25, 0.3) is 0 Å². The van der Waals surface area contributed by atoms with Gasteiger partial charge in [-0.25, -0.2) is 4.68 Å². The zero-order valence-corrected chi connectivity index (χ0v) is 16.6. The number of carbonyl (C=O) groups is 4. The highest BCUT2D eigenvalue weighted by Crippen LogP contribution is 2.29. The first kappa shape index (κ1) is 19.5. The van der Waals surface area contributed by atoms with Crippen molar-refractivity contribution in [3.63, 3.8) is 0 Å². The minimum absolute atomic E-state index is 0.0931. The van der Waals surface area contributed by atoms with Crippen LogP contribution in [0.5, 0.6) is 0 Å². The van der Waals surface area contributed by atoms with Crippen molar-refractivity contribution < 1.29 is 19.2 Å². The molecule has 3 aliphatic heterocycles. The highest BCUT2D eigenvalue weighted by Gasteiger charge is 2.45. The van der Waals surface area contributed by atoms with Gasteiger partial charge in [-0.05, 0) is 18.1 Å². The van der Waals surface area contributed by atoms with Crippen molar-refractivity contribution >= 4 is 23.6 Å². The van der Waals surface area contributed by atoms with E-state index in [1.54, 1.807) is 18.2 Å². The second-order valence-corrected chi connectivity index (χ2v) is 7.89. The van der Waals surface area contributed by atoms with Gasteiger partial charge in [0.2, 0.25) is 11.8 Å². The van der Waals surface area contributed by atoms with Crippen molar-refractivity contribution in [2.75, 3.05) is 13.1 Å².